The molecule has 3 aromatic rings. The number of halogens is 1. The molecule has 9 heteroatoms. The molecule has 1 aliphatic rings. The van der Waals surface area contributed by atoms with Gasteiger partial charge in [-0.05, 0) is 12.1 Å². The first-order chi connectivity index (χ1) is 11.2. The summed E-state index contributed by atoms with van der Waals surface area (Å²) >= 11 is 13.0. The first kappa shape index (κ1) is 14.7. The summed E-state index contributed by atoms with van der Waals surface area (Å²) in [4.78, 5) is 15.9. The molecule has 0 saturated carbocycles. The van der Waals surface area contributed by atoms with Gasteiger partial charge in [0.1, 0.15) is 10.9 Å². The molecule has 0 bridgehead atoms. The molecule has 0 amide bonds. The predicted molar refractivity (Wildman–Crippen MR) is 97.0 cm³/mol. The van der Waals surface area contributed by atoms with Gasteiger partial charge in [0.15, 0.2) is 10.8 Å². The van der Waals surface area contributed by atoms with Crippen LogP contribution in [0, 0.1) is 0 Å². The molecule has 23 heavy (non-hydrogen) atoms. The Kier molecular flexibility index (Phi) is 3.59. The van der Waals surface area contributed by atoms with Crippen molar-refractivity contribution in [3.63, 3.8) is 0 Å². The molecule has 6 nitrogen and oxygen atoms in total. The zero-order valence-electron chi connectivity index (χ0n) is 11.8. The summed E-state index contributed by atoms with van der Waals surface area (Å²) in [7, 11) is 0. The number of nitrogens with two attached hydrogens (primary N) is 1. The number of imidazole rings is 1. The number of anilines is 2. The maximum Gasteiger partial charge on any atom is 0.223 e. The van der Waals surface area contributed by atoms with Crippen LogP contribution in [0.4, 0.5) is 11.6 Å². The van der Waals surface area contributed by atoms with Gasteiger partial charge in [0, 0.05) is 10.3 Å². The third-order valence-corrected chi connectivity index (χ3v) is 5.51. The largest absolute Gasteiger partial charge is 0.368 e. The highest BCUT2D eigenvalue weighted by Gasteiger charge is 2.28. The van der Waals surface area contributed by atoms with E-state index >= 15 is 0 Å². The quantitative estimate of drug-likeness (QED) is 0.567. The van der Waals surface area contributed by atoms with Gasteiger partial charge in [-0.15, -0.1) is 0 Å². The van der Waals surface area contributed by atoms with Crippen molar-refractivity contribution in [1.82, 2.24) is 19.5 Å². The number of thioether (sulfide) groups is 1. The highest BCUT2D eigenvalue weighted by atomic mass is 35.5. The van der Waals surface area contributed by atoms with Gasteiger partial charge in [0.25, 0.3) is 0 Å². The smallest absolute Gasteiger partial charge is 0.223 e. The molecule has 3 heterocycles. The Balaban J connectivity index is 1.77. The summed E-state index contributed by atoms with van der Waals surface area (Å²) in [5, 5.41) is 2.10. The highest BCUT2D eigenvalue weighted by Crippen LogP contribution is 2.42. The Labute approximate surface area is 146 Å². The molecular weight excluding hydrogens is 352 g/mol. The van der Waals surface area contributed by atoms with Gasteiger partial charge in [-0.25, -0.2) is 4.98 Å². The predicted octanol–water partition coefficient (Wildman–Crippen LogP) is 2.96. The van der Waals surface area contributed by atoms with Gasteiger partial charge in [0.05, 0.1) is 18.7 Å². The Morgan fingerprint density at radius 3 is 3.00 bits per heavy atom. The molecule has 2 N–H and O–H groups in total. The topological polar surface area (TPSA) is 72.9 Å². The summed E-state index contributed by atoms with van der Waals surface area (Å²) in [6.45, 7) is 0.547. The van der Waals surface area contributed by atoms with Crippen molar-refractivity contribution < 1.29 is 0 Å². The first-order valence-electron chi connectivity index (χ1n) is 6.79. The van der Waals surface area contributed by atoms with E-state index in [1.165, 1.54) is 4.90 Å². The van der Waals surface area contributed by atoms with E-state index in [1.807, 2.05) is 16.7 Å². The zero-order valence-corrected chi connectivity index (χ0v) is 14.1. The molecular formula is C14H11ClN6S2. The zero-order chi connectivity index (χ0) is 16.0. The normalized spacial score (nSPS) is 16.7. The number of hydrogen-bond acceptors (Lipinski definition) is 7. The van der Waals surface area contributed by atoms with Gasteiger partial charge >= 0.3 is 0 Å². The van der Waals surface area contributed by atoms with Crippen LogP contribution >= 0.6 is 35.6 Å². The third-order valence-electron chi connectivity index (χ3n) is 3.59. The van der Waals surface area contributed by atoms with Crippen molar-refractivity contribution in [3.8, 4) is 0 Å². The van der Waals surface area contributed by atoms with Crippen molar-refractivity contribution in [2.24, 2.45) is 0 Å². The summed E-state index contributed by atoms with van der Waals surface area (Å²) in [5.74, 6) is 0.131. The Morgan fingerprint density at radius 1 is 1.35 bits per heavy atom. The number of aromatic nitrogens is 4. The van der Waals surface area contributed by atoms with E-state index in [4.69, 9.17) is 29.6 Å². The van der Waals surface area contributed by atoms with Gasteiger partial charge in [-0.2, -0.15) is 9.97 Å². The molecule has 116 valence electrons. The van der Waals surface area contributed by atoms with Crippen LogP contribution in [0.5, 0.6) is 0 Å². The molecule has 0 saturated heterocycles. The lowest BCUT2D eigenvalue weighted by Crippen LogP contribution is -2.32. The second-order valence-corrected chi connectivity index (χ2v) is 6.77. The van der Waals surface area contributed by atoms with Crippen molar-refractivity contribution in [2.45, 2.75) is 16.9 Å². The Morgan fingerprint density at radius 2 is 2.17 bits per heavy atom. The van der Waals surface area contributed by atoms with Gasteiger partial charge in [0.2, 0.25) is 5.95 Å². The molecule has 0 spiro atoms. The van der Waals surface area contributed by atoms with Crippen molar-refractivity contribution in [2.75, 3.05) is 10.6 Å². The second kappa shape index (κ2) is 5.63. The number of para-hydroxylation sites is 1. The van der Waals surface area contributed by atoms with E-state index in [2.05, 4.69) is 32.0 Å². The first-order valence-corrected chi connectivity index (χ1v) is 8.52. The lowest BCUT2D eigenvalue weighted by Gasteiger charge is -2.24. The number of nitrogen functional groups attached to an aromatic ring is 1. The Hall–Kier alpha value is -1.90. The summed E-state index contributed by atoms with van der Waals surface area (Å²) in [6, 6.07) is 8.21. The molecule has 0 fully saturated rings. The second-order valence-electron chi connectivity index (χ2n) is 4.98. The van der Waals surface area contributed by atoms with E-state index in [9.17, 15) is 0 Å². The fourth-order valence-electron chi connectivity index (χ4n) is 2.58. The van der Waals surface area contributed by atoms with Gasteiger partial charge < -0.3 is 10.6 Å². The average molecular weight is 363 g/mol. The van der Waals surface area contributed by atoms with Crippen LogP contribution in [0.15, 0.2) is 35.5 Å². The van der Waals surface area contributed by atoms with Crippen LogP contribution in [-0.2, 0) is 6.67 Å². The minimum atomic E-state index is 0.0782. The van der Waals surface area contributed by atoms with E-state index in [-0.39, 0.29) is 16.5 Å². The highest BCUT2D eigenvalue weighted by molar-refractivity contribution is 8.02. The standard InChI is InChI=1S/C14H11ClN6S2/c15-12-11-13(19-14(16)18-12)20(6-17-11)7-21-8-3-1-2-4-9(8)23-10(21)5-22/h1-6,10H,7H2,(H2,16,18,19). The lowest BCUT2D eigenvalue weighted by atomic mass is 10.3. The monoisotopic (exact) mass is 362 g/mol. The number of fused-ring (bicyclic) bond motifs is 2. The van der Waals surface area contributed by atoms with Gasteiger partial charge in [-0.3, -0.25) is 4.57 Å². The maximum atomic E-state index is 6.08. The number of thiocarbonyl (C=S) groups is 1. The van der Waals surface area contributed by atoms with Crippen molar-refractivity contribution >= 4 is 63.7 Å². The molecule has 0 aliphatic carbocycles. The summed E-state index contributed by atoms with van der Waals surface area (Å²) in [5.41, 5.74) is 7.99. The fraction of sp³-hybridized carbons (Fsp3) is 0.143. The molecule has 2 aromatic heterocycles. The van der Waals surface area contributed by atoms with Gasteiger partial charge in [-0.1, -0.05) is 47.7 Å². The van der Waals surface area contributed by atoms with Crippen LogP contribution in [0.1, 0.15) is 0 Å². The summed E-state index contributed by atoms with van der Waals surface area (Å²) in [6.07, 6.45) is 1.69. The van der Waals surface area contributed by atoms with Crippen LogP contribution in [0.3, 0.4) is 0 Å². The molecule has 1 atom stereocenters. The summed E-state index contributed by atoms with van der Waals surface area (Å²) < 4.78 is 1.90. The number of nitrogens with zero attached hydrogens (tertiary/aromatic N) is 5. The third kappa shape index (κ3) is 2.43. The SMILES string of the molecule is Nc1nc(Cl)c2ncn(CN3c4ccccc4SC3C=S)c2n1. The molecule has 1 aromatic carbocycles. The van der Waals surface area contributed by atoms with Crippen molar-refractivity contribution in [1.29, 1.82) is 0 Å². The number of hydrogen-bond donors (Lipinski definition) is 1. The molecule has 1 unspecified atom stereocenters. The minimum absolute atomic E-state index is 0.0782. The van der Waals surface area contributed by atoms with Crippen molar-refractivity contribution in [3.05, 3.63) is 35.7 Å². The maximum absolute atomic E-state index is 6.08. The van der Waals surface area contributed by atoms with E-state index in [0.717, 1.165) is 5.69 Å². The molecule has 4 rings (SSSR count). The van der Waals surface area contributed by atoms with Crippen LogP contribution < -0.4 is 10.6 Å². The van der Waals surface area contributed by atoms with E-state index in [0.29, 0.717) is 17.8 Å². The fourth-order valence-corrected chi connectivity index (χ4v) is 4.20. The van der Waals surface area contributed by atoms with E-state index in [1.54, 1.807) is 23.5 Å². The van der Waals surface area contributed by atoms with Crippen LogP contribution in [0.2, 0.25) is 5.15 Å². The number of benzene rings is 1. The van der Waals surface area contributed by atoms with E-state index < -0.39 is 0 Å². The molecule has 0 radical (unpaired) electrons. The van der Waals surface area contributed by atoms with Crippen LogP contribution in [0.25, 0.3) is 11.2 Å². The average Bonchev–Trinajstić information content (AvgIpc) is 3.10. The molecule has 1 aliphatic heterocycles. The Bertz CT molecular complexity index is 911. The lowest BCUT2D eigenvalue weighted by molar-refractivity contribution is 0.675. The number of rotatable bonds is 3. The minimum Gasteiger partial charge on any atom is -0.368 e. The van der Waals surface area contributed by atoms with Crippen LogP contribution in [-0.4, -0.2) is 30.3 Å².